The molecule has 0 aromatic heterocycles. The van der Waals surface area contributed by atoms with E-state index < -0.39 is 98.0 Å². The topological polar surface area (TPSA) is 176 Å². The minimum Gasteiger partial charge on any atom is -0.352 e. The zero-order chi connectivity index (χ0) is 39.3. The highest BCUT2D eigenvalue weighted by molar-refractivity contribution is 5.81. The quantitative estimate of drug-likeness (QED) is 0.201. The summed E-state index contributed by atoms with van der Waals surface area (Å²) in [5.41, 5.74) is -6.67. The van der Waals surface area contributed by atoms with E-state index in [4.69, 9.17) is 18.9 Å². The molecule has 4 N–H and O–H groups in total. The van der Waals surface area contributed by atoms with E-state index in [1.807, 2.05) is 55.4 Å². The van der Waals surface area contributed by atoms with E-state index in [1.165, 1.54) is 0 Å². The maximum absolute atomic E-state index is 14.4. The molecule has 4 aliphatic rings. The Balaban J connectivity index is 1.85. The first-order valence-corrected chi connectivity index (χ1v) is 18.1. The number of hydrogen-bond acceptors (Lipinski definition) is 14. The van der Waals surface area contributed by atoms with E-state index in [2.05, 4.69) is 10.6 Å². The zero-order valence-electron chi connectivity index (χ0n) is 33.7. The SMILES string of the molecule is CC1(C)CC(C(=O)OC(OC(=O)C2CC(C)(C)NC2(C)C)(OC(=O)C2CC(C)(C)N(O)C2(C)C)OC(=O)C2CC(C)(C)N(O)C2(C)C)C(C)(C)N1. The van der Waals surface area contributed by atoms with Crippen molar-refractivity contribution in [2.45, 2.75) is 187 Å². The van der Waals surface area contributed by atoms with Crippen LogP contribution in [0.25, 0.3) is 0 Å². The molecule has 4 saturated heterocycles. The van der Waals surface area contributed by atoms with Gasteiger partial charge in [0, 0.05) is 33.2 Å². The Kier molecular flexibility index (Phi) is 10.0. The Morgan fingerprint density at radius 2 is 0.745 bits per heavy atom. The lowest BCUT2D eigenvalue weighted by Crippen LogP contribution is -2.56. The standard InChI is InChI=1S/C37H64N4O10/c1-29(2)17-21(33(9,10)38-29)25(42)48-37(49-26(43)22-18-30(3,4)39-34(22,11)12,50-27(44)23-19-31(5,6)40(46)35(23,13)14)51-28(45)24-20-32(7,8)41(47)36(24,15)16/h21-24,38-39,46-47H,17-20H2,1-16H3. The van der Waals surface area contributed by atoms with Crippen molar-refractivity contribution < 1.29 is 48.5 Å². The van der Waals surface area contributed by atoms with Gasteiger partial charge in [-0.3, -0.25) is 19.2 Å². The summed E-state index contributed by atoms with van der Waals surface area (Å²) in [6, 6.07) is 0. The lowest BCUT2D eigenvalue weighted by Gasteiger charge is -2.38. The summed E-state index contributed by atoms with van der Waals surface area (Å²) in [5, 5.41) is 31.0. The Labute approximate surface area is 303 Å². The minimum absolute atomic E-state index is 0.117. The van der Waals surface area contributed by atoms with Crippen molar-refractivity contribution in [2.24, 2.45) is 23.7 Å². The van der Waals surface area contributed by atoms with Gasteiger partial charge in [0.1, 0.15) is 0 Å². The van der Waals surface area contributed by atoms with Crippen LogP contribution in [0.5, 0.6) is 0 Å². The third-order valence-corrected chi connectivity index (χ3v) is 11.9. The molecule has 4 fully saturated rings. The van der Waals surface area contributed by atoms with Gasteiger partial charge in [-0.1, -0.05) is 0 Å². The van der Waals surface area contributed by atoms with Gasteiger partial charge < -0.3 is 40.0 Å². The Morgan fingerprint density at radius 1 is 0.490 bits per heavy atom. The molecular weight excluding hydrogens is 660 g/mol. The predicted octanol–water partition coefficient (Wildman–Crippen LogP) is 4.64. The molecule has 4 aliphatic heterocycles. The fraction of sp³-hybridized carbons (Fsp3) is 0.892. The van der Waals surface area contributed by atoms with Crippen molar-refractivity contribution in [3.8, 4) is 0 Å². The smallest absolute Gasteiger partial charge is 0.352 e. The maximum Gasteiger partial charge on any atom is 0.619 e. The third kappa shape index (κ3) is 7.68. The van der Waals surface area contributed by atoms with E-state index in [0.29, 0.717) is 12.8 Å². The fourth-order valence-electron chi connectivity index (χ4n) is 9.48. The largest absolute Gasteiger partial charge is 0.619 e. The molecule has 0 aliphatic carbocycles. The molecule has 4 rings (SSSR count). The average molecular weight is 725 g/mol. The van der Waals surface area contributed by atoms with Gasteiger partial charge in [-0.15, -0.1) is 0 Å². The number of carbonyl (C=O) groups excluding carboxylic acids is 4. The van der Waals surface area contributed by atoms with Crippen LogP contribution in [-0.2, 0) is 38.1 Å². The third-order valence-electron chi connectivity index (χ3n) is 11.9. The van der Waals surface area contributed by atoms with Crippen molar-refractivity contribution >= 4 is 23.9 Å². The summed E-state index contributed by atoms with van der Waals surface area (Å²) in [6.45, 7) is 28.7. The molecule has 14 nitrogen and oxygen atoms in total. The number of nitrogens with zero attached hydrogens (tertiary/aromatic N) is 2. The van der Waals surface area contributed by atoms with Gasteiger partial charge in [-0.05, 0) is 136 Å². The monoisotopic (exact) mass is 724 g/mol. The first kappa shape index (κ1) is 41.4. The van der Waals surface area contributed by atoms with E-state index in [9.17, 15) is 29.6 Å². The van der Waals surface area contributed by atoms with Gasteiger partial charge in [0.15, 0.2) is 0 Å². The molecule has 0 aromatic carbocycles. The first-order valence-electron chi connectivity index (χ1n) is 18.1. The van der Waals surface area contributed by atoms with Gasteiger partial charge in [-0.2, -0.15) is 10.1 Å². The highest BCUT2D eigenvalue weighted by atomic mass is 17.0. The van der Waals surface area contributed by atoms with Gasteiger partial charge in [0.05, 0.1) is 34.7 Å². The van der Waals surface area contributed by atoms with Crippen molar-refractivity contribution in [1.29, 1.82) is 0 Å². The summed E-state index contributed by atoms with van der Waals surface area (Å²) in [5.74, 6) is -7.60. The number of nitrogens with one attached hydrogen (secondary N) is 2. The van der Waals surface area contributed by atoms with Crippen LogP contribution in [0.4, 0.5) is 0 Å². The summed E-state index contributed by atoms with van der Waals surface area (Å²) in [6.07, 6.45) is -2.42. The Hall–Kier alpha value is -2.36. The number of hydroxylamine groups is 4. The normalized spacial score (nSPS) is 33.6. The summed E-state index contributed by atoms with van der Waals surface area (Å²) in [7, 11) is 0. The average Bonchev–Trinajstić information content (AvgIpc) is 3.44. The molecule has 0 saturated carbocycles. The van der Waals surface area contributed by atoms with Crippen molar-refractivity contribution in [1.82, 2.24) is 20.8 Å². The summed E-state index contributed by atoms with van der Waals surface area (Å²) >= 11 is 0. The van der Waals surface area contributed by atoms with E-state index in [-0.39, 0.29) is 12.8 Å². The molecule has 0 radical (unpaired) electrons. The number of hydrogen-bond donors (Lipinski definition) is 4. The molecule has 0 bridgehead atoms. The van der Waals surface area contributed by atoms with Crippen LogP contribution >= 0.6 is 0 Å². The van der Waals surface area contributed by atoms with Crippen LogP contribution in [0.2, 0.25) is 0 Å². The molecule has 4 unspecified atom stereocenters. The molecule has 292 valence electrons. The second-order valence-corrected chi connectivity index (χ2v) is 20.2. The van der Waals surface area contributed by atoms with Crippen LogP contribution in [0.15, 0.2) is 0 Å². The fourth-order valence-corrected chi connectivity index (χ4v) is 9.48. The second-order valence-electron chi connectivity index (χ2n) is 20.2. The first-order chi connectivity index (χ1) is 22.6. The van der Waals surface area contributed by atoms with Gasteiger partial charge in [0.2, 0.25) is 0 Å². The molecule has 0 spiro atoms. The van der Waals surface area contributed by atoms with Crippen molar-refractivity contribution in [3.05, 3.63) is 0 Å². The number of rotatable bonds is 8. The predicted molar refractivity (Wildman–Crippen MR) is 186 cm³/mol. The number of ether oxygens (including phenoxy) is 4. The van der Waals surface area contributed by atoms with Crippen LogP contribution in [0, 0.1) is 23.7 Å². The van der Waals surface area contributed by atoms with Crippen LogP contribution in [0.1, 0.15) is 136 Å². The molecule has 0 amide bonds. The second kappa shape index (κ2) is 12.3. The van der Waals surface area contributed by atoms with E-state index in [1.54, 1.807) is 55.4 Å². The molecule has 4 atom stereocenters. The molecule has 0 aromatic rings. The van der Waals surface area contributed by atoms with Crippen LogP contribution in [0.3, 0.4) is 0 Å². The van der Waals surface area contributed by atoms with Crippen LogP contribution in [-0.4, -0.2) is 94.9 Å². The molecule has 14 heteroatoms. The molecule has 4 heterocycles. The lowest BCUT2D eigenvalue weighted by atomic mass is 9.87. The highest BCUT2D eigenvalue weighted by Crippen LogP contribution is 2.48. The molecule has 51 heavy (non-hydrogen) atoms. The Bertz CT molecular complexity index is 1330. The minimum atomic E-state index is -3.28. The van der Waals surface area contributed by atoms with Crippen molar-refractivity contribution in [2.75, 3.05) is 0 Å². The van der Waals surface area contributed by atoms with Crippen LogP contribution < -0.4 is 10.6 Å². The van der Waals surface area contributed by atoms with Gasteiger partial charge in [0.25, 0.3) is 0 Å². The van der Waals surface area contributed by atoms with Crippen molar-refractivity contribution in [3.63, 3.8) is 0 Å². The number of carbonyl (C=O) groups is 4. The van der Waals surface area contributed by atoms with E-state index >= 15 is 0 Å². The molecular formula is C37H64N4O10. The number of esters is 4. The van der Waals surface area contributed by atoms with E-state index in [0.717, 1.165) is 10.1 Å². The lowest BCUT2D eigenvalue weighted by molar-refractivity contribution is -0.436. The summed E-state index contributed by atoms with van der Waals surface area (Å²) in [4.78, 5) is 57.4. The summed E-state index contributed by atoms with van der Waals surface area (Å²) < 4.78 is 23.9. The van der Waals surface area contributed by atoms with Gasteiger partial charge >= 0.3 is 30.0 Å². The van der Waals surface area contributed by atoms with Gasteiger partial charge in [-0.25, -0.2) is 0 Å². The highest BCUT2D eigenvalue weighted by Gasteiger charge is 2.63. The zero-order valence-corrected chi connectivity index (χ0v) is 33.7. The Morgan fingerprint density at radius 3 is 0.941 bits per heavy atom. The maximum atomic E-state index is 14.4.